The van der Waals surface area contributed by atoms with Crippen LogP contribution in [0.1, 0.15) is 5.76 Å². The van der Waals surface area contributed by atoms with Crippen LogP contribution in [-0.2, 0) is 6.54 Å². The summed E-state index contributed by atoms with van der Waals surface area (Å²) >= 11 is 0. The van der Waals surface area contributed by atoms with Crippen molar-refractivity contribution in [1.29, 1.82) is 0 Å². The van der Waals surface area contributed by atoms with Crippen molar-refractivity contribution in [3.63, 3.8) is 0 Å². The maximum atomic E-state index is 5.79. The Labute approximate surface area is 116 Å². The van der Waals surface area contributed by atoms with Crippen molar-refractivity contribution in [1.82, 2.24) is 5.16 Å². The lowest BCUT2D eigenvalue weighted by Crippen LogP contribution is -1.92. The second-order valence-corrected chi connectivity index (χ2v) is 4.33. The minimum absolute atomic E-state index is 0.340. The molecule has 1 aromatic heterocycles. The molecule has 0 saturated heterocycles. The predicted molar refractivity (Wildman–Crippen MR) is 76.3 cm³/mol. The van der Waals surface area contributed by atoms with Crippen molar-refractivity contribution >= 4 is 0 Å². The summed E-state index contributed by atoms with van der Waals surface area (Å²) < 4.78 is 10.9. The SMILES string of the molecule is NCc1cc(-c2cccc(Oc3ccccc3)c2)no1. The van der Waals surface area contributed by atoms with Crippen LogP contribution in [0.5, 0.6) is 11.5 Å². The van der Waals surface area contributed by atoms with Gasteiger partial charge in [-0.25, -0.2) is 0 Å². The maximum Gasteiger partial charge on any atom is 0.150 e. The first-order valence-electron chi connectivity index (χ1n) is 6.34. The standard InChI is InChI=1S/C16H14N2O2/c17-11-15-10-16(18-20-15)12-5-4-8-14(9-12)19-13-6-2-1-3-7-13/h1-10H,11,17H2. The average molecular weight is 266 g/mol. The molecular formula is C16H14N2O2. The summed E-state index contributed by atoms with van der Waals surface area (Å²) in [6.07, 6.45) is 0. The maximum absolute atomic E-state index is 5.79. The van der Waals surface area contributed by atoms with Gasteiger partial charge in [-0.3, -0.25) is 0 Å². The molecule has 0 aliphatic rings. The van der Waals surface area contributed by atoms with Crippen molar-refractivity contribution in [2.24, 2.45) is 5.73 Å². The van der Waals surface area contributed by atoms with Crippen LogP contribution < -0.4 is 10.5 Å². The molecule has 20 heavy (non-hydrogen) atoms. The van der Waals surface area contributed by atoms with E-state index in [1.54, 1.807) is 0 Å². The van der Waals surface area contributed by atoms with Crippen molar-refractivity contribution in [3.8, 4) is 22.8 Å². The Hall–Kier alpha value is -2.59. The molecule has 0 aliphatic heterocycles. The van der Waals surface area contributed by atoms with E-state index in [-0.39, 0.29) is 0 Å². The van der Waals surface area contributed by atoms with Gasteiger partial charge in [0.2, 0.25) is 0 Å². The van der Waals surface area contributed by atoms with Crippen molar-refractivity contribution in [3.05, 3.63) is 66.4 Å². The fourth-order valence-corrected chi connectivity index (χ4v) is 1.89. The number of para-hydroxylation sites is 1. The Balaban J connectivity index is 1.86. The van der Waals surface area contributed by atoms with Gasteiger partial charge in [0, 0.05) is 11.6 Å². The van der Waals surface area contributed by atoms with E-state index in [2.05, 4.69) is 5.16 Å². The molecule has 100 valence electrons. The Bertz CT molecular complexity index is 692. The average Bonchev–Trinajstić information content (AvgIpc) is 2.98. The van der Waals surface area contributed by atoms with Gasteiger partial charge in [-0.05, 0) is 24.3 Å². The normalized spacial score (nSPS) is 10.4. The second kappa shape index (κ2) is 5.59. The number of nitrogens with zero attached hydrogens (tertiary/aromatic N) is 1. The van der Waals surface area contributed by atoms with Gasteiger partial charge in [-0.1, -0.05) is 35.5 Å². The van der Waals surface area contributed by atoms with E-state index in [0.717, 1.165) is 22.8 Å². The highest BCUT2D eigenvalue weighted by molar-refractivity contribution is 5.61. The topological polar surface area (TPSA) is 61.3 Å². The quantitative estimate of drug-likeness (QED) is 0.783. The highest BCUT2D eigenvalue weighted by atomic mass is 16.5. The van der Waals surface area contributed by atoms with Crippen LogP contribution in [0.3, 0.4) is 0 Å². The highest BCUT2D eigenvalue weighted by Gasteiger charge is 2.06. The van der Waals surface area contributed by atoms with E-state index in [1.807, 2.05) is 60.7 Å². The Kier molecular flexibility index (Phi) is 3.48. The number of ether oxygens (including phenoxy) is 1. The largest absolute Gasteiger partial charge is 0.457 e. The molecule has 0 amide bonds. The second-order valence-electron chi connectivity index (χ2n) is 4.33. The lowest BCUT2D eigenvalue weighted by molar-refractivity contribution is 0.387. The zero-order chi connectivity index (χ0) is 13.8. The van der Waals surface area contributed by atoms with E-state index in [9.17, 15) is 0 Å². The molecule has 0 radical (unpaired) electrons. The fraction of sp³-hybridized carbons (Fsp3) is 0.0625. The van der Waals surface area contributed by atoms with Gasteiger partial charge in [0.1, 0.15) is 17.2 Å². The van der Waals surface area contributed by atoms with E-state index in [4.69, 9.17) is 15.0 Å². The Morgan fingerprint density at radius 3 is 2.50 bits per heavy atom. The first-order chi connectivity index (χ1) is 9.85. The first-order valence-corrected chi connectivity index (χ1v) is 6.34. The molecule has 0 spiro atoms. The van der Waals surface area contributed by atoms with Gasteiger partial charge in [0.25, 0.3) is 0 Å². The van der Waals surface area contributed by atoms with Crippen LogP contribution in [0.4, 0.5) is 0 Å². The molecular weight excluding hydrogens is 252 g/mol. The smallest absolute Gasteiger partial charge is 0.150 e. The summed E-state index contributed by atoms with van der Waals surface area (Å²) in [6.45, 7) is 0.340. The van der Waals surface area contributed by atoms with Gasteiger partial charge in [0.15, 0.2) is 5.76 Å². The third kappa shape index (κ3) is 2.70. The molecule has 2 N–H and O–H groups in total. The summed E-state index contributed by atoms with van der Waals surface area (Å²) in [5.41, 5.74) is 7.20. The number of aromatic nitrogens is 1. The van der Waals surface area contributed by atoms with Crippen LogP contribution in [0.2, 0.25) is 0 Å². The van der Waals surface area contributed by atoms with Gasteiger partial charge in [0.05, 0.1) is 6.54 Å². The molecule has 0 unspecified atom stereocenters. The molecule has 3 aromatic rings. The number of benzene rings is 2. The van der Waals surface area contributed by atoms with Crippen molar-refractivity contribution in [2.75, 3.05) is 0 Å². The molecule has 0 fully saturated rings. The molecule has 0 saturated carbocycles. The number of hydrogen-bond acceptors (Lipinski definition) is 4. The summed E-state index contributed by atoms with van der Waals surface area (Å²) in [4.78, 5) is 0. The van der Waals surface area contributed by atoms with Gasteiger partial charge in [-0.2, -0.15) is 0 Å². The van der Waals surface area contributed by atoms with E-state index in [0.29, 0.717) is 12.3 Å². The minimum atomic E-state index is 0.340. The van der Waals surface area contributed by atoms with Crippen LogP contribution in [0, 0.1) is 0 Å². The van der Waals surface area contributed by atoms with E-state index >= 15 is 0 Å². The molecule has 4 heteroatoms. The summed E-state index contributed by atoms with van der Waals surface area (Å²) in [5.74, 6) is 2.22. The molecule has 1 heterocycles. The Morgan fingerprint density at radius 2 is 1.75 bits per heavy atom. The summed E-state index contributed by atoms with van der Waals surface area (Å²) in [5, 5.41) is 3.99. The van der Waals surface area contributed by atoms with Gasteiger partial charge in [-0.15, -0.1) is 0 Å². The monoisotopic (exact) mass is 266 g/mol. The molecule has 2 aromatic carbocycles. The number of nitrogens with two attached hydrogens (primary N) is 1. The van der Waals surface area contributed by atoms with Crippen LogP contribution in [-0.4, -0.2) is 5.16 Å². The van der Waals surface area contributed by atoms with Crippen LogP contribution >= 0.6 is 0 Å². The third-order valence-corrected chi connectivity index (χ3v) is 2.87. The first kappa shape index (κ1) is 12.4. The minimum Gasteiger partial charge on any atom is -0.457 e. The van der Waals surface area contributed by atoms with E-state index in [1.165, 1.54) is 0 Å². The van der Waals surface area contributed by atoms with Crippen molar-refractivity contribution < 1.29 is 9.26 Å². The predicted octanol–water partition coefficient (Wildman–Crippen LogP) is 3.59. The number of rotatable bonds is 4. The molecule has 4 nitrogen and oxygen atoms in total. The molecule has 0 aliphatic carbocycles. The number of hydrogen-bond donors (Lipinski definition) is 1. The third-order valence-electron chi connectivity index (χ3n) is 2.87. The van der Waals surface area contributed by atoms with Gasteiger partial charge >= 0.3 is 0 Å². The highest BCUT2D eigenvalue weighted by Crippen LogP contribution is 2.26. The van der Waals surface area contributed by atoms with Crippen LogP contribution in [0.15, 0.2) is 65.2 Å². The fourth-order valence-electron chi connectivity index (χ4n) is 1.89. The lowest BCUT2D eigenvalue weighted by Gasteiger charge is -2.06. The molecule has 0 atom stereocenters. The van der Waals surface area contributed by atoms with E-state index < -0.39 is 0 Å². The zero-order valence-electron chi connectivity index (χ0n) is 10.8. The molecule has 0 bridgehead atoms. The lowest BCUT2D eigenvalue weighted by atomic mass is 10.1. The summed E-state index contributed by atoms with van der Waals surface area (Å²) in [7, 11) is 0. The Morgan fingerprint density at radius 1 is 0.950 bits per heavy atom. The molecule has 3 rings (SSSR count). The van der Waals surface area contributed by atoms with Crippen molar-refractivity contribution in [2.45, 2.75) is 6.54 Å². The van der Waals surface area contributed by atoms with Crippen LogP contribution in [0.25, 0.3) is 11.3 Å². The zero-order valence-corrected chi connectivity index (χ0v) is 10.8. The summed E-state index contributed by atoms with van der Waals surface area (Å²) in [6, 6.07) is 19.2. The van der Waals surface area contributed by atoms with Gasteiger partial charge < -0.3 is 15.0 Å².